The number of aromatic nitrogens is 1. The molecule has 0 atom stereocenters. The van der Waals surface area contributed by atoms with Crippen molar-refractivity contribution in [2.45, 2.75) is 25.2 Å². The number of nitrogen functional groups attached to an aromatic ring is 1. The first-order chi connectivity index (χ1) is 9.27. The van der Waals surface area contributed by atoms with Crippen molar-refractivity contribution in [2.24, 2.45) is 0 Å². The summed E-state index contributed by atoms with van der Waals surface area (Å²) in [4.78, 5) is 16.7. The van der Waals surface area contributed by atoms with E-state index in [2.05, 4.69) is 11.1 Å². The summed E-state index contributed by atoms with van der Waals surface area (Å²) in [5.41, 5.74) is 8.53. The van der Waals surface area contributed by atoms with Crippen LogP contribution in [0.2, 0.25) is 0 Å². The number of carbonyl (C=O) groups is 1. The van der Waals surface area contributed by atoms with E-state index in [4.69, 9.17) is 5.73 Å². The van der Waals surface area contributed by atoms with Crippen LogP contribution in [0.1, 0.15) is 46.8 Å². The van der Waals surface area contributed by atoms with Crippen LogP contribution in [0.5, 0.6) is 0 Å². The van der Waals surface area contributed by atoms with E-state index in [1.807, 2.05) is 18.2 Å². The van der Waals surface area contributed by atoms with Gasteiger partial charge in [-0.2, -0.15) is 0 Å². The number of hydrogen-bond donors (Lipinski definition) is 1. The summed E-state index contributed by atoms with van der Waals surface area (Å²) in [6, 6.07) is 11.3. The first kappa shape index (κ1) is 11.9. The lowest BCUT2D eigenvalue weighted by molar-refractivity contribution is 0.103. The average molecular weight is 252 g/mol. The minimum atomic E-state index is -0.0689. The van der Waals surface area contributed by atoms with Gasteiger partial charge in [-0.3, -0.25) is 9.78 Å². The Morgan fingerprint density at radius 3 is 2.63 bits per heavy atom. The number of ketones is 1. The summed E-state index contributed by atoms with van der Waals surface area (Å²) < 4.78 is 0. The maximum Gasteiger partial charge on any atom is 0.213 e. The van der Waals surface area contributed by atoms with Crippen molar-refractivity contribution in [3.05, 3.63) is 59.4 Å². The molecule has 3 rings (SSSR count). The molecule has 0 saturated heterocycles. The van der Waals surface area contributed by atoms with E-state index < -0.39 is 0 Å². The van der Waals surface area contributed by atoms with Crippen LogP contribution in [-0.2, 0) is 0 Å². The summed E-state index contributed by atoms with van der Waals surface area (Å²) >= 11 is 0. The zero-order valence-electron chi connectivity index (χ0n) is 10.7. The third kappa shape index (κ3) is 2.12. The fourth-order valence-electron chi connectivity index (χ4n) is 2.51. The Bertz CT molecular complexity index is 618. The van der Waals surface area contributed by atoms with Crippen LogP contribution in [-0.4, -0.2) is 10.8 Å². The smallest absolute Gasteiger partial charge is 0.213 e. The second-order valence-corrected chi connectivity index (χ2v) is 4.99. The van der Waals surface area contributed by atoms with E-state index in [0.717, 1.165) is 11.1 Å². The monoisotopic (exact) mass is 252 g/mol. The van der Waals surface area contributed by atoms with E-state index in [9.17, 15) is 4.79 Å². The molecule has 0 spiro atoms. The predicted octanol–water partition coefficient (Wildman–Crippen LogP) is 3.16. The van der Waals surface area contributed by atoms with E-state index in [-0.39, 0.29) is 5.78 Å². The maximum atomic E-state index is 12.6. The van der Waals surface area contributed by atoms with E-state index >= 15 is 0 Å². The van der Waals surface area contributed by atoms with Crippen LogP contribution in [0.15, 0.2) is 42.6 Å². The van der Waals surface area contributed by atoms with Gasteiger partial charge in [0.1, 0.15) is 5.69 Å². The van der Waals surface area contributed by atoms with Crippen LogP contribution in [0, 0.1) is 0 Å². The molecule has 19 heavy (non-hydrogen) atoms. The number of rotatable bonds is 3. The highest BCUT2D eigenvalue weighted by Gasteiger charge is 2.25. The lowest BCUT2D eigenvalue weighted by Crippen LogP contribution is -2.15. The molecule has 0 amide bonds. The number of benzene rings is 1. The summed E-state index contributed by atoms with van der Waals surface area (Å²) in [6.07, 6.45) is 5.19. The van der Waals surface area contributed by atoms with Crippen molar-refractivity contribution in [3.63, 3.8) is 0 Å². The van der Waals surface area contributed by atoms with Crippen molar-refractivity contribution >= 4 is 11.5 Å². The second-order valence-electron chi connectivity index (χ2n) is 4.99. The Balaban J connectivity index is 2.02. The second kappa shape index (κ2) is 4.84. The molecule has 0 radical (unpaired) electrons. The maximum absolute atomic E-state index is 12.6. The molecule has 2 aromatic rings. The van der Waals surface area contributed by atoms with Gasteiger partial charge in [0.2, 0.25) is 5.78 Å². The molecule has 1 fully saturated rings. The van der Waals surface area contributed by atoms with Crippen LogP contribution >= 0.6 is 0 Å². The molecular weight excluding hydrogens is 236 g/mol. The van der Waals surface area contributed by atoms with E-state index in [1.54, 1.807) is 18.3 Å². The van der Waals surface area contributed by atoms with Crippen LogP contribution < -0.4 is 5.73 Å². The zero-order valence-corrected chi connectivity index (χ0v) is 10.7. The first-order valence-corrected chi connectivity index (χ1v) is 6.61. The molecule has 1 aliphatic rings. The van der Waals surface area contributed by atoms with Crippen molar-refractivity contribution in [1.29, 1.82) is 0 Å². The molecule has 0 unspecified atom stereocenters. The Labute approximate surface area is 112 Å². The lowest BCUT2D eigenvalue weighted by atomic mass is 9.77. The van der Waals surface area contributed by atoms with Gasteiger partial charge in [-0.15, -0.1) is 0 Å². The van der Waals surface area contributed by atoms with Gasteiger partial charge in [0.05, 0.1) is 5.69 Å². The summed E-state index contributed by atoms with van der Waals surface area (Å²) in [7, 11) is 0. The SMILES string of the molecule is Nc1cccnc1C(=O)c1ccccc1C1CCC1. The van der Waals surface area contributed by atoms with Crippen LogP contribution in [0.3, 0.4) is 0 Å². The van der Waals surface area contributed by atoms with E-state index in [1.165, 1.54) is 19.3 Å². The third-order valence-corrected chi connectivity index (χ3v) is 3.80. The Hall–Kier alpha value is -2.16. The minimum absolute atomic E-state index is 0.0689. The van der Waals surface area contributed by atoms with Gasteiger partial charge in [-0.1, -0.05) is 30.7 Å². The van der Waals surface area contributed by atoms with Gasteiger partial charge in [0, 0.05) is 11.8 Å². The number of anilines is 1. The molecule has 1 saturated carbocycles. The van der Waals surface area contributed by atoms with Crippen LogP contribution in [0.25, 0.3) is 0 Å². The van der Waals surface area contributed by atoms with Gasteiger partial charge in [-0.05, 0) is 36.5 Å². The molecule has 1 aromatic heterocycles. The summed E-state index contributed by atoms with van der Waals surface area (Å²) in [5.74, 6) is 0.450. The van der Waals surface area contributed by atoms with Gasteiger partial charge in [0.25, 0.3) is 0 Å². The molecule has 1 heterocycles. The van der Waals surface area contributed by atoms with Crippen LogP contribution in [0.4, 0.5) is 5.69 Å². The normalized spacial score (nSPS) is 14.9. The zero-order chi connectivity index (χ0) is 13.2. The molecule has 0 bridgehead atoms. The fraction of sp³-hybridized carbons (Fsp3) is 0.250. The topological polar surface area (TPSA) is 56.0 Å². The van der Waals surface area contributed by atoms with Crippen molar-refractivity contribution in [3.8, 4) is 0 Å². The minimum Gasteiger partial charge on any atom is -0.397 e. The Morgan fingerprint density at radius 1 is 1.16 bits per heavy atom. The molecule has 1 aromatic carbocycles. The molecule has 2 N–H and O–H groups in total. The van der Waals surface area contributed by atoms with Gasteiger partial charge >= 0.3 is 0 Å². The molecule has 1 aliphatic carbocycles. The molecular formula is C16H16N2O. The van der Waals surface area contributed by atoms with Gasteiger partial charge < -0.3 is 5.73 Å². The summed E-state index contributed by atoms with van der Waals surface area (Å²) in [6.45, 7) is 0. The Kier molecular flexibility index (Phi) is 3.03. The number of hydrogen-bond acceptors (Lipinski definition) is 3. The molecule has 0 aliphatic heterocycles. The Morgan fingerprint density at radius 2 is 1.95 bits per heavy atom. The average Bonchev–Trinajstić information content (AvgIpc) is 2.37. The number of pyridine rings is 1. The fourth-order valence-corrected chi connectivity index (χ4v) is 2.51. The van der Waals surface area contributed by atoms with Gasteiger partial charge in [-0.25, -0.2) is 0 Å². The lowest BCUT2D eigenvalue weighted by Gasteiger charge is -2.27. The van der Waals surface area contributed by atoms with Crippen molar-refractivity contribution in [1.82, 2.24) is 4.98 Å². The summed E-state index contributed by atoms with van der Waals surface area (Å²) in [5, 5.41) is 0. The number of nitrogens with two attached hydrogens (primary N) is 1. The first-order valence-electron chi connectivity index (χ1n) is 6.61. The highest BCUT2D eigenvalue weighted by Crippen LogP contribution is 2.38. The van der Waals surface area contributed by atoms with E-state index in [0.29, 0.717) is 17.3 Å². The number of carbonyl (C=O) groups excluding carboxylic acids is 1. The standard InChI is InChI=1S/C16H16N2O/c17-14-9-4-10-18-15(14)16(19)13-8-2-1-7-12(13)11-5-3-6-11/h1-2,4,7-11H,3,5-6,17H2. The largest absolute Gasteiger partial charge is 0.397 e. The molecule has 3 heteroatoms. The molecule has 96 valence electrons. The third-order valence-electron chi connectivity index (χ3n) is 3.80. The van der Waals surface area contributed by atoms with Gasteiger partial charge in [0.15, 0.2) is 0 Å². The predicted molar refractivity (Wildman–Crippen MR) is 75.1 cm³/mol. The molecule has 3 nitrogen and oxygen atoms in total. The quantitative estimate of drug-likeness (QED) is 0.854. The van der Waals surface area contributed by atoms with Crippen molar-refractivity contribution in [2.75, 3.05) is 5.73 Å². The number of nitrogens with zero attached hydrogens (tertiary/aromatic N) is 1. The van der Waals surface area contributed by atoms with Crippen molar-refractivity contribution < 1.29 is 4.79 Å². The highest BCUT2D eigenvalue weighted by atomic mass is 16.1. The highest BCUT2D eigenvalue weighted by molar-refractivity contribution is 6.11.